The molecule has 3 rings (SSSR count). The van der Waals surface area contributed by atoms with Gasteiger partial charge in [-0.05, 0) is 62.1 Å². The number of nitrogens with two attached hydrogens (primary N) is 1. The Labute approximate surface area is 108 Å². The van der Waals surface area contributed by atoms with Crippen LogP contribution in [0, 0.1) is 6.92 Å². The van der Waals surface area contributed by atoms with Gasteiger partial charge in [0.2, 0.25) is 0 Å². The number of nitrogens with zero attached hydrogens (tertiary/aromatic N) is 2. The largest absolute Gasteiger partial charge is 0.330 e. The van der Waals surface area contributed by atoms with Crippen molar-refractivity contribution in [1.29, 1.82) is 0 Å². The molecule has 0 spiro atoms. The molecule has 1 heterocycles. The lowest BCUT2D eigenvalue weighted by molar-refractivity contribution is 0.834. The lowest BCUT2D eigenvalue weighted by atomic mass is 10.1. The summed E-state index contributed by atoms with van der Waals surface area (Å²) in [4.78, 5) is 0. The van der Waals surface area contributed by atoms with Gasteiger partial charge < -0.3 is 5.73 Å². The molecule has 2 aromatic rings. The van der Waals surface area contributed by atoms with E-state index < -0.39 is 0 Å². The Morgan fingerprint density at radius 3 is 2.83 bits per heavy atom. The molecule has 0 atom stereocenters. The lowest BCUT2D eigenvalue weighted by Crippen LogP contribution is -2.05. The third-order valence-corrected chi connectivity index (χ3v) is 3.61. The van der Waals surface area contributed by atoms with Crippen LogP contribution in [0.5, 0.6) is 0 Å². The average Bonchev–Trinajstić information content (AvgIpc) is 3.10. The first kappa shape index (κ1) is 11.5. The van der Waals surface area contributed by atoms with Crippen LogP contribution >= 0.6 is 0 Å². The molecular weight excluding hydrogens is 222 g/mol. The first-order chi connectivity index (χ1) is 8.78. The van der Waals surface area contributed by atoms with Crippen LogP contribution in [0.2, 0.25) is 0 Å². The summed E-state index contributed by atoms with van der Waals surface area (Å²) in [6.07, 6.45) is 5.60. The van der Waals surface area contributed by atoms with Crippen LogP contribution in [0.3, 0.4) is 0 Å². The predicted octanol–water partition coefficient (Wildman–Crippen LogP) is 2.56. The molecule has 1 aliphatic rings. The fourth-order valence-electron chi connectivity index (χ4n) is 2.34. The van der Waals surface area contributed by atoms with Crippen LogP contribution in [-0.2, 0) is 6.42 Å². The minimum atomic E-state index is 0.702. The number of hydrogen-bond donors (Lipinski definition) is 1. The van der Waals surface area contributed by atoms with Crippen molar-refractivity contribution in [2.45, 2.75) is 32.1 Å². The Morgan fingerprint density at radius 1 is 1.33 bits per heavy atom. The number of aromatic nitrogens is 2. The van der Waals surface area contributed by atoms with Gasteiger partial charge in [-0.2, -0.15) is 5.10 Å². The van der Waals surface area contributed by atoms with Gasteiger partial charge in [0.1, 0.15) is 0 Å². The zero-order valence-electron chi connectivity index (χ0n) is 10.8. The topological polar surface area (TPSA) is 43.8 Å². The molecule has 2 N–H and O–H groups in total. The van der Waals surface area contributed by atoms with Gasteiger partial charge >= 0.3 is 0 Å². The summed E-state index contributed by atoms with van der Waals surface area (Å²) in [6, 6.07) is 8.62. The van der Waals surface area contributed by atoms with Crippen LogP contribution in [0.1, 0.15) is 35.6 Å². The first-order valence-electron chi connectivity index (χ1n) is 6.63. The molecule has 0 aliphatic heterocycles. The van der Waals surface area contributed by atoms with Gasteiger partial charge in [-0.3, -0.25) is 0 Å². The highest BCUT2D eigenvalue weighted by Gasteiger charge is 2.25. The van der Waals surface area contributed by atoms with Crippen LogP contribution in [0.4, 0.5) is 0 Å². The molecule has 0 saturated heterocycles. The summed E-state index contributed by atoms with van der Waals surface area (Å²) < 4.78 is 1.98. The smallest absolute Gasteiger partial charge is 0.0659 e. The summed E-state index contributed by atoms with van der Waals surface area (Å²) in [6.45, 7) is 2.84. The number of hydrogen-bond acceptors (Lipinski definition) is 2. The standard InChI is InChI=1S/C15H19N3/c1-11-10-14(5-4-12(11)6-8-16)18-9-7-15(17-18)13-2-3-13/h4-5,7,9-10,13H,2-3,6,8,16H2,1H3. The van der Waals surface area contributed by atoms with E-state index in [1.54, 1.807) is 0 Å². The van der Waals surface area contributed by atoms with Crippen molar-refractivity contribution in [2.75, 3.05) is 6.54 Å². The van der Waals surface area contributed by atoms with E-state index in [1.165, 1.54) is 29.7 Å². The highest BCUT2D eigenvalue weighted by Crippen LogP contribution is 2.39. The molecule has 1 fully saturated rings. The van der Waals surface area contributed by atoms with E-state index in [0.29, 0.717) is 12.5 Å². The zero-order chi connectivity index (χ0) is 12.5. The molecule has 1 saturated carbocycles. The van der Waals surface area contributed by atoms with E-state index in [1.807, 2.05) is 4.68 Å². The van der Waals surface area contributed by atoms with Crippen molar-refractivity contribution in [1.82, 2.24) is 9.78 Å². The van der Waals surface area contributed by atoms with Gasteiger partial charge in [-0.15, -0.1) is 0 Å². The van der Waals surface area contributed by atoms with Crippen molar-refractivity contribution in [2.24, 2.45) is 5.73 Å². The Balaban J connectivity index is 1.88. The molecule has 18 heavy (non-hydrogen) atoms. The molecule has 3 heteroatoms. The van der Waals surface area contributed by atoms with Crippen LogP contribution in [0.25, 0.3) is 5.69 Å². The van der Waals surface area contributed by atoms with Crippen molar-refractivity contribution in [3.05, 3.63) is 47.3 Å². The maximum absolute atomic E-state index is 5.60. The zero-order valence-corrected chi connectivity index (χ0v) is 10.8. The Bertz CT molecular complexity index is 553. The fraction of sp³-hybridized carbons (Fsp3) is 0.400. The Kier molecular flexibility index (Phi) is 2.92. The van der Waals surface area contributed by atoms with Crippen LogP contribution < -0.4 is 5.73 Å². The Morgan fingerprint density at radius 2 is 2.17 bits per heavy atom. The van der Waals surface area contributed by atoms with Crippen LogP contribution in [-0.4, -0.2) is 16.3 Å². The summed E-state index contributed by atoms with van der Waals surface area (Å²) >= 11 is 0. The van der Waals surface area contributed by atoms with Crippen molar-refractivity contribution < 1.29 is 0 Å². The maximum atomic E-state index is 5.60. The van der Waals surface area contributed by atoms with E-state index >= 15 is 0 Å². The second kappa shape index (κ2) is 4.58. The highest BCUT2D eigenvalue weighted by molar-refractivity contribution is 5.40. The van der Waals surface area contributed by atoms with Gasteiger partial charge in [-0.1, -0.05) is 6.07 Å². The van der Waals surface area contributed by atoms with Gasteiger partial charge in [0.15, 0.2) is 0 Å². The quantitative estimate of drug-likeness (QED) is 0.894. The molecule has 3 nitrogen and oxygen atoms in total. The first-order valence-corrected chi connectivity index (χ1v) is 6.63. The summed E-state index contributed by atoms with van der Waals surface area (Å²) in [5.41, 5.74) is 10.6. The summed E-state index contributed by atoms with van der Waals surface area (Å²) in [5.74, 6) is 0.712. The van der Waals surface area contributed by atoms with Gasteiger partial charge in [0, 0.05) is 12.1 Å². The minimum absolute atomic E-state index is 0.702. The lowest BCUT2D eigenvalue weighted by Gasteiger charge is -2.07. The van der Waals surface area contributed by atoms with Crippen molar-refractivity contribution >= 4 is 0 Å². The number of benzene rings is 1. The van der Waals surface area contributed by atoms with E-state index in [-0.39, 0.29) is 0 Å². The summed E-state index contributed by atoms with van der Waals surface area (Å²) in [7, 11) is 0. The van der Waals surface area contributed by atoms with Crippen LogP contribution in [0.15, 0.2) is 30.5 Å². The molecule has 0 radical (unpaired) electrons. The molecule has 1 aromatic carbocycles. The van der Waals surface area contributed by atoms with E-state index in [2.05, 4.69) is 42.5 Å². The molecule has 0 unspecified atom stereocenters. The highest BCUT2D eigenvalue weighted by atomic mass is 15.3. The number of rotatable bonds is 4. The normalized spacial score (nSPS) is 15.0. The third kappa shape index (κ3) is 2.18. The second-order valence-corrected chi connectivity index (χ2v) is 5.11. The van der Waals surface area contributed by atoms with E-state index in [4.69, 9.17) is 5.73 Å². The van der Waals surface area contributed by atoms with Crippen molar-refractivity contribution in [3.63, 3.8) is 0 Å². The monoisotopic (exact) mass is 241 g/mol. The van der Waals surface area contributed by atoms with E-state index in [9.17, 15) is 0 Å². The molecule has 0 bridgehead atoms. The molecular formula is C15H19N3. The predicted molar refractivity (Wildman–Crippen MR) is 73.0 cm³/mol. The molecule has 1 aromatic heterocycles. The molecule has 1 aliphatic carbocycles. The fourth-order valence-corrected chi connectivity index (χ4v) is 2.34. The SMILES string of the molecule is Cc1cc(-n2ccc(C3CC3)n2)ccc1CCN. The maximum Gasteiger partial charge on any atom is 0.0659 e. The van der Waals surface area contributed by atoms with Gasteiger partial charge in [-0.25, -0.2) is 4.68 Å². The van der Waals surface area contributed by atoms with Crippen molar-refractivity contribution in [3.8, 4) is 5.69 Å². The third-order valence-electron chi connectivity index (χ3n) is 3.61. The summed E-state index contributed by atoms with van der Waals surface area (Å²) in [5, 5.41) is 4.65. The number of aryl methyl sites for hydroxylation is 1. The second-order valence-electron chi connectivity index (χ2n) is 5.11. The van der Waals surface area contributed by atoms with Gasteiger partial charge in [0.25, 0.3) is 0 Å². The molecule has 0 amide bonds. The molecule has 94 valence electrons. The Hall–Kier alpha value is -1.61. The minimum Gasteiger partial charge on any atom is -0.330 e. The van der Waals surface area contributed by atoms with Gasteiger partial charge in [0.05, 0.1) is 11.4 Å². The average molecular weight is 241 g/mol. The van der Waals surface area contributed by atoms with E-state index in [0.717, 1.165) is 12.1 Å².